The second kappa shape index (κ2) is 7.63. The van der Waals surface area contributed by atoms with E-state index in [0.29, 0.717) is 0 Å². The number of hydrogen-bond donors (Lipinski definition) is 0. The topological polar surface area (TPSA) is 54.0 Å². The van der Waals surface area contributed by atoms with Gasteiger partial charge in [0.05, 0.1) is 25.7 Å². The summed E-state index contributed by atoms with van der Waals surface area (Å²) in [6, 6.07) is 0. The smallest absolute Gasteiger partial charge is 0.308 e. The Hall–Kier alpha value is -0.433. The van der Waals surface area contributed by atoms with Crippen molar-refractivity contribution >= 4 is 14.3 Å². The van der Waals surface area contributed by atoms with Crippen molar-refractivity contribution in [2.45, 2.75) is 77.7 Å². The molecule has 1 aliphatic heterocycles. The van der Waals surface area contributed by atoms with Gasteiger partial charge in [0.1, 0.15) is 0 Å². The molecule has 0 spiro atoms. The second-order valence-electron chi connectivity index (χ2n) is 8.12. The van der Waals surface area contributed by atoms with Crippen LogP contribution in [0.3, 0.4) is 0 Å². The molecule has 1 rings (SSSR count). The Balaban J connectivity index is 2.99. The molecule has 1 fully saturated rings. The molecule has 1 saturated heterocycles. The van der Waals surface area contributed by atoms with Crippen LogP contribution in [0, 0.1) is 11.8 Å². The van der Waals surface area contributed by atoms with Gasteiger partial charge in [0.25, 0.3) is 0 Å². The Morgan fingerprint density at radius 1 is 1.13 bits per heavy atom. The van der Waals surface area contributed by atoms with Crippen molar-refractivity contribution in [3.63, 3.8) is 0 Å². The maximum absolute atomic E-state index is 11.7. The molecule has 6 heteroatoms. The quantitative estimate of drug-likeness (QED) is 0.562. The molecule has 0 aliphatic carbocycles. The minimum absolute atomic E-state index is 0.00393. The maximum atomic E-state index is 11.7. The van der Waals surface area contributed by atoms with Gasteiger partial charge in [-0.3, -0.25) is 4.79 Å². The first-order valence-electron chi connectivity index (χ1n) is 8.37. The minimum atomic E-state index is -1.92. The monoisotopic (exact) mass is 346 g/mol. The molecular formula is C17H34O5Si. The van der Waals surface area contributed by atoms with Gasteiger partial charge in [0.2, 0.25) is 0 Å². The van der Waals surface area contributed by atoms with E-state index < -0.39 is 8.32 Å². The molecule has 136 valence electrons. The van der Waals surface area contributed by atoms with Crippen LogP contribution in [0.25, 0.3) is 0 Å². The Morgan fingerprint density at radius 2 is 1.70 bits per heavy atom. The highest BCUT2D eigenvalue weighted by Crippen LogP contribution is 2.42. The standard InChI is InChI=1S/C17H34O5Si/c1-11-13(10-14(18)19-6)21-16(20-7)12(2)15(11)22-23(8,9)17(3,4)5/h11-13,15-16H,10H2,1-9H3/t11-,12+,13+,15-,16-/m0/s1. The predicted molar refractivity (Wildman–Crippen MR) is 92.7 cm³/mol. The molecule has 1 heterocycles. The van der Waals surface area contributed by atoms with E-state index in [1.54, 1.807) is 7.11 Å². The van der Waals surface area contributed by atoms with Crippen LogP contribution in [-0.2, 0) is 23.4 Å². The summed E-state index contributed by atoms with van der Waals surface area (Å²) < 4.78 is 22.9. The second-order valence-corrected chi connectivity index (χ2v) is 12.9. The van der Waals surface area contributed by atoms with Crippen LogP contribution in [0.2, 0.25) is 18.1 Å². The third-order valence-electron chi connectivity index (χ3n) is 5.43. The van der Waals surface area contributed by atoms with Crippen molar-refractivity contribution in [3.05, 3.63) is 0 Å². The minimum Gasteiger partial charge on any atom is -0.469 e. The van der Waals surface area contributed by atoms with E-state index in [4.69, 9.17) is 18.6 Å². The normalized spacial score (nSPS) is 32.7. The Morgan fingerprint density at radius 3 is 2.13 bits per heavy atom. The van der Waals surface area contributed by atoms with Gasteiger partial charge in [-0.1, -0.05) is 34.6 Å². The molecule has 0 radical (unpaired) electrons. The van der Waals surface area contributed by atoms with Gasteiger partial charge in [-0.15, -0.1) is 0 Å². The number of ether oxygens (including phenoxy) is 3. The van der Waals surface area contributed by atoms with Crippen LogP contribution in [0.15, 0.2) is 0 Å². The fourth-order valence-corrected chi connectivity index (χ4v) is 4.21. The molecular weight excluding hydrogens is 312 g/mol. The summed E-state index contributed by atoms with van der Waals surface area (Å²) in [4.78, 5) is 11.7. The molecule has 0 aromatic carbocycles. The summed E-state index contributed by atoms with van der Waals surface area (Å²) in [6.07, 6.45) is -0.389. The van der Waals surface area contributed by atoms with Gasteiger partial charge < -0.3 is 18.6 Å². The first-order valence-corrected chi connectivity index (χ1v) is 11.3. The molecule has 0 aromatic heterocycles. The molecule has 5 atom stereocenters. The van der Waals surface area contributed by atoms with Crippen molar-refractivity contribution < 1.29 is 23.4 Å². The Labute approximate surface area is 142 Å². The van der Waals surface area contributed by atoms with E-state index in [-0.39, 0.29) is 47.8 Å². The van der Waals surface area contributed by atoms with E-state index in [0.717, 1.165) is 0 Å². The third-order valence-corrected chi connectivity index (χ3v) is 9.90. The van der Waals surface area contributed by atoms with Crippen molar-refractivity contribution in [1.82, 2.24) is 0 Å². The maximum Gasteiger partial charge on any atom is 0.308 e. The zero-order chi connectivity index (χ0) is 18.0. The zero-order valence-electron chi connectivity index (χ0n) is 16.1. The van der Waals surface area contributed by atoms with Gasteiger partial charge in [-0.05, 0) is 18.1 Å². The average Bonchev–Trinajstić information content (AvgIpc) is 2.45. The summed E-state index contributed by atoms with van der Waals surface area (Å²) in [5.41, 5.74) is 0. The zero-order valence-corrected chi connectivity index (χ0v) is 17.1. The Kier molecular flexibility index (Phi) is 6.84. The summed E-state index contributed by atoms with van der Waals surface area (Å²) >= 11 is 0. The molecule has 23 heavy (non-hydrogen) atoms. The lowest BCUT2D eigenvalue weighted by Crippen LogP contribution is -2.56. The number of hydrogen-bond acceptors (Lipinski definition) is 5. The SMILES string of the molecule is COC(=O)C[C@H]1O[C@H](OC)[C@H](C)[C@@H](O[Si](C)(C)C(C)(C)C)[C@H]1C. The number of methoxy groups -OCH3 is 2. The van der Waals surface area contributed by atoms with Gasteiger partial charge >= 0.3 is 5.97 Å². The molecule has 0 amide bonds. The molecule has 0 bridgehead atoms. The summed E-state index contributed by atoms with van der Waals surface area (Å²) in [5.74, 6) is -0.0556. The van der Waals surface area contributed by atoms with Gasteiger partial charge in [0.15, 0.2) is 14.6 Å². The van der Waals surface area contributed by atoms with Gasteiger partial charge in [0, 0.05) is 18.9 Å². The van der Waals surface area contributed by atoms with E-state index in [1.807, 2.05) is 0 Å². The van der Waals surface area contributed by atoms with Crippen LogP contribution in [-0.4, -0.2) is 47.0 Å². The molecule has 0 unspecified atom stereocenters. The van der Waals surface area contributed by atoms with Crippen molar-refractivity contribution in [3.8, 4) is 0 Å². The van der Waals surface area contributed by atoms with Crippen LogP contribution < -0.4 is 0 Å². The summed E-state index contributed by atoms with van der Waals surface area (Å²) in [7, 11) is 1.11. The van der Waals surface area contributed by atoms with Crippen LogP contribution in [0.4, 0.5) is 0 Å². The first kappa shape index (κ1) is 20.6. The van der Waals surface area contributed by atoms with Crippen LogP contribution >= 0.6 is 0 Å². The van der Waals surface area contributed by atoms with E-state index in [1.165, 1.54) is 7.11 Å². The molecule has 5 nitrogen and oxygen atoms in total. The fourth-order valence-electron chi connectivity index (χ4n) is 2.75. The molecule has 0 N–H and O–H groups in total. The number of carbonyl (C=O) groups excluding carboxylic acids is 1. The molecule has 1 aliphatic rings. The van der Waals surface area contributed by atoms with E-state index in [9.17, 15) is 4.79 Å². The van der Waals surface area contributed by atoms with Crippen LogP contribution in [0.1, 0.15) is 41.0 Å². The lowest BCUT2D eigenvalue weighted by molar-refractivity contribution is -0.251. The Bertz CT molecular complexity index is 404. The molecule has 0 saturated carbocycles. The number of rotatable bonds is 5. The predicted octanol–water partition coefficient (Wildman–Crippen LogP) is 3.58. The fraction of sp³-hybridized carbons (Fsp3) is 0.941. The number of carbonyl (C=O) groups is 1. The largest absolute Gasteiger partial charge is 0.469 e. The van der Waals surface area contributed by atoms with Crippen molar-refractivity contribution in [2.24, 2.45) is 11.8 Å². The summed E-state index contributed by atoms with van der Waals surface area (Å²) in [6.45, 7) is 15.4. The van der Waals surface area contributed by atoms with Gasteiger partial charge in [-0.2, -0.15) is 0 Å². The van der Waals surface area contributed by atoms with Crippen molar-refractivity contribution in [1.29, 1.82) is 0 Å². The average molecular weight is 347 g/mol. The van der Waals surface area contributed by atoms with Gasteiger partial charge in [-0.25, -0.2) is 0 Å². The highest BCUT2D eigenvalue weighted by Gasteiger charge is 2.48. The highest BCUT2D eigenvalue weighted by molar-refractivity contribution is 6.74. The van der Waals surface area contributed by atoms with Crippen molar-refractivity contribution in [2.75, 3.05) is 14.2 Å². The highest BCUT2D eigenvalue weighted by atomic mass is 28.4. The lowest BCUT2D eigenvalue weighted by Gasteiger charge is -2.48. The lowest BCUT2D eigenvalue weighted by atomic mass is 9.84. The summed E-state index contributed by atoms with van der Waals surface area (Å²) in [5, 5.41) is 0.130. The number of esters is 1. The third kappa shape index (κ3) is 4.78. The van der Waals surface area contributed by atoms with Crippen LogP contribution in [0.5, 0.6) is 0 Å². The van der Waals surface area contributed by atoms with E-state index in [2.05, 4.69) is 47.7 Å². The molecule has 0 aromatic rings. The van der Waals surface area contributed by atoms with E-state index >= 15 is 0 Å². The first-order chi connectivity index (χ1) is 10.4.